The Balaban J connectivity index is 2.47. The van der Waals surface area contributed by atoms with Gasteiger partial charge >= 0.3 is 0 Å². The van der Waals surface area contributed by atoms with E-state index in [0.717, 1.165) is 0 Å². The molecule has 0 saturated heterocycles. The zero-order valence-electron chi connectivity index (χ0n) is 9.36. The highest BCUT2D eigenvalue weighted by Gasteiger charge is 2.15. The van der Waals surface area contributed by atoms with Crippen LogP contribution in [0, 0.1) is 0 Å². The summed E-state index contributed by atoms with van der Waals surface area (Å²) in [6, 6.07) is 4.71. The van der Waals surface area contributed by atoms with Gasteiger partial charge < -0.3 is 20.3 Å². The number of hydrogen-bond donors (Lipinski definition) is 3. The number of methoxy groups -OCH3 is 1. The molecule has 0 heterocycles. The Morgan fingerprint density at radius 2 is 2.12 bits per heavy atom. The van der Waals surface area contributed by atoms with E-state index in [-0.39, 0.29) is 18.8 Å². The zero-order chi connectivity index (χ0) is 12.8. The van der Waals surface area contributed by atoms with Crippen molar-refractivity contribution in [2.45, 2.75) is 19.1 Å². The minimum absolute atomic E-state index is 0.0170. The average Bonchev–Trinajstić information content (AvgIpc) is 2.30. The molecule has 0 aliphatic rings. The molecular weight excluding hydrogens is 232 g/mol. The number of aromatic hydroxyl groups is 1. The van der Waals surface area contributed by atoms with Gasteiger partial charge in [0.2, 0.25) is 0 Å². The quantitative estimate of drug-likeness (QED) is 0.705. The first-order valence-corrected chi connectivity index (χ1v) is 5.07. The molecule has 0 aromatic heterocycles. The van der Waals surface area contributed by atoms with Crippen LogP contribution in [0.2, 0.25) is 0 Å². The van der Waals surface area contributed by atoms with Gasteiger partial charge in [0.25, 0.3) is 6.43 Å². The van der Waals surface area contributed by atoms with Gasteiger partial charge in [-0.2, -0.15) is 0 Å². The van der Waals surface area contributed by atoms with E-state index < -0.39 is 12.5 Å². The summed E-state index contributed by atoms with van der Waals surface area (Å²) < 4.78 is 28.9. The van der Waals surface area contributed by atoms with Gasteiger partial charge in [-0.15, -0.1) is 0 Å². The Bertz CT molecular complexity index is 361. The lowest BCUT2D eigenvalue weighted by Crippen LogP contribution is -2.31. The van der Waals surface area contributed by atoms with Crippen molar-refractivity contribution in [1.82, 2.24) is 5.32 Å². The number of alkyl halides is 2. The maximum absolute atomic E-state index is 12.0. The van der Waals surface area contributed by atoms with Crippen LogP contribution in [-0.2, 0) is 6.54 Å². The molecular formula is C11H15F2NO3. The lowest BCUT2D eigenvalue weighted by atomic mass is 10.2. The minimum Gasteiger partial charge on any atom is -0.507 e. The third-order valence-electron chi connectivity index (χ3n) is 2.25. The molecule has 0 aliphatic carbocycles. The molecule has 0 spiro atoms. The summed E-state index contributed by atoms with van der Waals surface area (Å²) >= 11 is 0. The highest BCUT2D eigenvalue weighted by atomic mass is 19.3. The van der Waals surface area contributed by atoms with Crippen molar-refractivity contribution < 1.29 is 23.7 Å². The molecule has 0 fully saturated rings. The SMILES string of the molecule is COc1ccc(CNCC(O)C(F)F)c(O)c1. The van der Waals surface area contributed by atoms with E-state index in [1.54, 1.807) is 12.1 Å². The number of nitrogens with one attached hydrogen (secondary N) is 1. The summed E-state index contributed by atoms with van der Waals surface area (Å²) in [6.07, 6.45) is -4.47. The number of aliphatic hydroxyl groups excluding tert-OH is 1. The van der Waals surface area contributed by atoms with Crippen LogP contribution in [0.3, 0.4) is 0 Å². The molecule has 3 N–H and O–H groups in total. The van der Waals surface area contributed by atoms with Crippen molar-refractivity contribution in [3.8, 4) is 11.5 Å². The molecule has 0 bridgehead atoms. The summed E-state index contributed by atoms with van der Waals surface area (Å²) in [6.45, 7) is -0.0389. The van der Waals surface area contributed by atoms with Gasteiger partial charge in [-0.05, 0) is 6.07 Å². The van der Waals surface area contributed by atoms with Gasteiger partial charge in [0, 0.05) is 24.7 Å². The number of halogens is 2. The Morgan fingerprint density at radius 1 is 1.41 bits per heavy atom. The van der Waals surface area contributed by atoms with Crippen LogP contribution >= 0.6 is 0 Å². The second-order valence-corrected chi connectivity index (χ2v) is 3.53. The lowest BCUT2D eigenvalue weighted by molar-refractivity contribution is -0.00342. The highest BCUT2D eigenvalue weighted by Crippen LogP contribution is 2.23. The van der Waals surface area contributed by atoms with E-state index in [9.17, 15) is 13.9 Å². The van der Waals surface area contributed by atoms with Gasteiger partial charge in [0.05, 0.1) is 7.11 Å². The van der Waals surface area contributed by atoms with Crippen LogP contribution in [0.1, 0.15) is 5.56 Å². The topological polar surface area (TPSA) is 61.7 Å². The molecule has 1 aromatic rings. The van der Waals surface area contributed by atoms with Crippen LogP contribution < -0.4 is 10.1 Å². The maximum atomic E-state index is 12.0. The molecule has 6 heteroatoms. The fourth-order valence-electron chi connectivity index (χ4n) is 1.26. The molecule has 4 nitrogen and oxygen atoms in total. The second-order valence-electron chi connectivity index (χ2n) is 3.53. The summed E-state index contributed by atoms with van der Waals surface area (Å²) in [5, 5.41) is 21.1. The second kappa shape index (κ2) is 6.36. The van der Waals surface area contributed by atoms with Crippen LogP contribution in [0.15, 0.2) is 18.2 Å². The Kier molecular flexibility index (Phi) is 5.11. The van der Waals surface area contributed by atoms with Crippen LogP contribution in [0.4, 0.5) is 8.78 Å². The third kappa shape index (κ3) is 4.16. The standard InChI is InChI=1S/C11H15F2NO3/c1-17-8-3-2-7(9(15)4-8)5-14-6-10(16)11(12)13/h2-4,10-11,14-16H,5-6H2,1H3. The average molecular weight is 247 g/mol. The maximum Gasteiger partial charge on any atom is 0.265 e. The van der Waals surface area contributed by atoms with E-state index in [0.29, 0.717) is 11.3 Å². The summed E-state index contributed by atoms with van der Waals surface area (Å²) in [4.78, 5) is 0. The lowest BCUT2D eigenvalue weighted by Gasteiger charge is -2.11. The largest absolute Gasteiger partial charge is 0.507 e. The fourth-order valence-corrected chi connectivity index (χ4v) is 1.26. The van der Waals surface area contributed by atoms with Crippen LogP contribution in [-0.4, -0.2) is 36.4 Å². The van der Waals surface area contributed by atoms with Crippen molar-refractivity contribution in [3.05, 3.63) is 23.8 Å². The van der Waals surface area contributed by atoms with Crippen LogP contribution in [0.5, 0.6) is 11.5 Å². The van der Waals surface area contributed by atoms with Gasteiger partial charge in [-0.1, -0.05) is 6.07 Å². The predicted molar refractivity (Wildman–Crippen MR) is 58.4 cm³/mol. The number of phenols is 1. The number of benzene rings is 1. The van der Waals surface area contributed by atoms with Gasteiger partial charge in [0.1, 0.15) is 17.6 Å². The first-order chi connectivity index (χ1) is 8.04. The molecule has 17 heavy (non-hydrogen) atoms. The molecule has 1 rings (SSSR count). The summed E-state index contributed by atoms with van der Waals surface area (Å²) in [7, 11) is 1.48. The van der Waals surface area contributed by atoms with E-state index >= 15 is 0 Å². The molecule has 1 unspecified atom stereocenters. The van der Waals surface area contributed by atoms with Crippen molar-refractivity contribution >= 4 is 0 Å². The highest BCUT2D eigenvalue weighted by molar-refractivity contribution is 5.39. The van der Waals surface area contributed by atoms with Crippen molar-refractivity contribution in [2.24, 2.45) is 0 Å². The number of hydrogen-bond acceptors (Lipinski definition) is 4. The number of rotatable bonds is 6. The van der Waals surface area contributed by atoms with Crippen molar-refractivity contribution in [2.75, 3.05) is 13.7 Å². The molecule has 0 radical (unpaired) electrons. The normalized spacial score (nSPS) is 12.8. The third-order valence-corrected chi connectivity index (χ3v) is 2.25. The minimum atomic E-state index is -2.77. The Morgan fingerprint density at radius 3 is 2.65 bits per heavy atom. The first-order valence-electron chi connectivity index (χ1n) is 5.07. The van der Waals surface area contributed by atoms with Crippen molar-refractivity contribution in [1.29, 1.82) is 0 Å². The Labute approximate surface area is 97.8 Å². The smallest absolute Gasteiger partial charge is 0.265 e. The summed E-state index contributed by atoms with van der Waals surface area (Å²) in [5.41, 5.74) is 0.548. The molecule has 96 valence electrons. The number of ether oxygens (including phenoxy) is 1. The molecule has 0 saturated carbocycles. The van der Waals surface area contributed by atoms with Crippen molar-refractivity contribution in [3.63, 3.8) is 0 Å². The van der Waals surface area contributed by atoms with E-state index in [1.165, 1.54) is 13.2 Å². The van der Waals surface area contributed by atoms with Gasteiger partial charge in [0.15, 0.2) is 0 Å². The molecule has 1 atom stereocenters. The monoisotopic (exact) mass is 247 g/mol. The molecule has 1 aromatic carbocycles. The number of aliphatic hydroxyl groups is 1. The van der Waals surface area contributed by atoms with Gasteiger partial charge in [-0.25, -0.2) is 8.78 Å². The first kappa shape index (κ1) is 13.7. The predicted octanol–water partition coefficient (Wildman–Crippen LogP) is 1.12. The fraction of sp³-hybridized carbons (Fsp3) is 0.455. The number of phenolic OH excluding ortho intramolecular Hbond substituents is 1. The van der Waals surface area contributed by atoms with Gasteiger partial charge in [-0.3, -0.25) is 0 Å². The van der Waals surface area contributed by atoms with E-state index in [4.69, 9.17) is 9.84 Å². The van der Waals surface area contributed by atoms with Crippen LogP contribution in [0.25, 0.3) is 0 Å². The molecule has 0 aliphatic heterocycles. The summed E-state index contributed by atoms with van der Waals surface area (Å²) in [5.74, 6) is 0.530. The van der Waals surface area contributed by atoms with E-state index in [2.05, 4.69) is 5.32 Å². The van der Waals surface area contributed by atoms with E-state index in [1.807, 2.05) is 0 Å². The zero-order valence-corrected chi connectivity index (χ0v) is 9.36. The Hall–Kier alpha value is -1.40. The molecule has 0 amide bonds.